The summed E-state index contributed by atoms with van der Waals surface area (Å²) in [6.07, 6.45) is -4.39. The molecule has 42 heavy (non-hydrogen) atoms. The molecule has 2 aromatic rings. The van der Waals surface area contributed by atoms with Crippen LogP contribution in [0.3, 0.4) is 0 Å². The molecule has 0 aliphatic carbocycles. The Balaban J connectivity index is 0.000000259. The molecule has 0 radical (unpaired) electrons. The number of nitrogens with one attached hydrogen (secondary N) is 2. The number of aliphatic hydroxyl groups excluding tert-OH is 3. The highest BCUT2D eigenvalue weighted by atomic mass is 19.1. The van der Waals surface area contributed by atoms with Crippen molar-refractivity contribution in [3.63, 3.8) is 0 Å². The number of alkyl halides is 2. The largest absolute Gasteiger partial charge is 0.394 e. The smallest absolute Gasteiger partial charge is 0.330 e. The minimum Gasteiger partial charge on any atom is -0.394 e. The fourth-order valence-corrected chi connectivity index (χ4v) is 4.35. The second kappa shape index (κ2) is 14.4. The van der Waals surface area contributed by atoms with Crippen LogP contribution in [0.25, 0.3) is 0 Å². The predicted octanol–water partition coefficient (Wildman–Crippen LogP) is -0.261. The number of aliphatic hydroxyl groups is 3. The van der Waals surface area contributed by atoms with Gasteiger partial charge >= 0.3 is 11.4 Å². The summed E-state index contributed by atoms with van der Waals surface area (Å²) in [7, 11) is 0. The molecule has 0 unspecified atom stereocenters. The maximum Gasteiger partial charge on any atom is 0.330 e. The van der Waals surface area contributed by atoms with Crippen molar-refractivity contribution in [3.8, 4) is 0 Å². The topological polar surface area (TPSA) is 198 Å². The van der Waals surface area contributed by atoms with Gasteiger partial charge in [0.25, 0.3) is 11.1 Å². The van der Waals surface area contributed by atoms with Gasteiger partial charge in [0.2, 0.25) is 0 Å². The lowest BCUT2D eigenvalue weighted by Gasteiger charge is -2.25. The Morgan fingerprint density at radius 1 is 0.905 bits per heavy atom. The van der Waals surface area contributed by atoms with E-state index in [0.717, 1.165) is 53.8 Å². The fourth-order valence-electron chi connectivity index (χ4n) is 4.35. The monoisotopic (exact) mass is 608 g/mol. The van der Waals surface area contributed by atoms with Crippen LogP contribution in [0.4, 0.5) is 8.78 Å². The predicted molar refractivity (Wildman–Crippen MR) is 146 cm³/mol. The van der Waals surface area contributed by atoms with Crippen LogP contribution in [-0.4, -0.2) is 90.5 Å². The fraction of sp³-hybridized carbons (Fsp3) is 0.692. The lowest BCUT2D eigenvalue weighted by atomic mass is 9.90. The molecule has 3 aliphatic rings. The minimum absolute atomic E-state index is 0. The highest BCUT2D eigenvalue weighted by Crippen LogP contribution is 2.44. The van der Waals surface area contributed by atoms with Gasteiger partial charge in [-0.1, -0.05) is 14.4 Å². The maximum atomic E-state index is 14.7. The molecule has 0 spiro atoms. The molecule has 3 aliphatic heterocycles. The highest BCUT2D eigenvalue weighted by Gasteiger charge is 2.55. The Morgan fingerprint density at radius 3 is 1.67 bits per heavy atom. The second-order valence-corrected chi connectivity index (χ2v) is 9.97. The van der Waals surface area contributed by atoms with Crippen molar-refractivity contribution >= 4 is 0 Å². The van der Waals surface area contributed by atoms with Gasteiger partial charge in [0.1, 0.15) is 12.2 Å². The van der Waals surface area contributed by atoms with Crippen molar-refractivity contribution in [2.75, 3.05) is 26.4 Å². The number of hydrogen-bond acceptors (Lipinski definition) is 10. The Morgan fingerprint density at radius 2 is 1.33 bits per heavy atom. The van der Waals surface area contributed by atoms with Crippen molar-refractivity contribution in [3.05, 3.63) is 66.2 Å². The lowest BCUT2D eigenvalue weighted by molar-refractivity contribution is -0.0611. The Labute approximate surface area is 242 Å². The lowest BCUT2D eigenvalue weighted by Crippen LogP contribution is -2.43. The van der Waals surface area contributed by atoms with Crippen molar-refractivity contribution in [1.29, 1.82) is 0 Å². The van der Waals surface area contributed by atoms with Gasteiger partial charge in [-0.05, 0) is 26.7 Å². The van der Waals surface area contributed by atoms with E-state index in [1.807, 2.05) is 9.97 Å². The Bertz CT molecular complexity index is 1380. The van der Waals surface area contributed by atoms with Crippen LogP contribution in [0.1, 0.15) is 56.2 Å². The number of nitrogens with zero attached hydrogens (tertiary/aromatic N) is 2. The molecule has 5 heterocycles. The van der Waals surface area contributed by atoms with Crippen LogP contribution in [-0.2, 0) is 14.2 Å². The molecule has 0 saturated carbocycles. The molecule has 5 N–H and O–H groups in total. The Hall–Kier alpha value is -3.02. The molecule has 3 saturated heterocycles. The first kappa shape index (κ1) is 31.9. The average Bonchev–Trinajstić information content (AvgIpc) is 3.63. The standard InChI is InChI=1S/C11H15FN2O4.C10H13FN2O5.C4H8O.CH4/c1-6-7(5-15)18-9(11(6,2)12)14-4-3-8(16)13-10(14)17;1-10(11)7(16)5(4-14)18-8(10)13-3-2-6(15)12-9(13)17;1-2-4-5-3-1;/h3-4,6-7,9,15H,5H2,1-2H3,(H,13,16,17);2-3,5,7-8,14,16H,4H2,1H3,(H,12,15,17);1-4H2;1H4/t6-,7-,9-,11-;5-,7-,8-,10-;;/m11../s1/i7D;5D;;. The van der Waals surface area contributed by atoms with Crippen LogP contribution in [0.5, 0.6) is 0 Å². The van der Waals surface area contributed by atoms with Gasteiger partial charge in [0.15, 0.2) is 23.8 Å². The minimum atomic E-state index is -2.48. The van der Waals surface area contributed by atoms with Gasteiger partial charge in [-0.2, -0.15) is 0 Å². The zero-order chi connectivity index (χ0) is 32.4. The molecule has 5 rings (SSSR count). The number of H-pyrrole nitrogens is 2. The molecular weight excluding hydrogens is 566 g/mol. The van der Waals surface area contributed by atoms with Gasteiger partial charge in [-0.15, -0.1) is 0 Å². The Kier molecular flexibility index (Phi) is 11.0. The van der Waals surface area contributed by atoms with Crippen LogP contribution in [0.15, 0.2) is 43.7 Å². The first-order valence-electron chi connectivity index (χ1n) is 13.8. The van der Waals surface area contributed by atoms with Crippen molar-refractivity contribution in [1.82, 2.24) is 19.1 Å². The van der Waals surface area contributed by atoms with Crippen molar-refractivity contribution in [2.45, 2.75) is 83.1 Å². The van der Waals surface area contributed by atoms with Crippen molar-refractivity contribution < 1.29 is 41.1 Å². The molecule has 14 nitrogen and oxygen atoms in total. The average molecular weight is 609 g/mol. The third-order valence-corrected chi connectivity index (χ3v) is 7.01. The molecule has 16 heteroatoms. The van der Waals surface area contributed by atoms with Crippen LogP contribution in [0.2, 0.25) is 0 Å². The molecule has 2 aromatic heterocycles. The maximum absolute atomic E-state index is 14.7. The van der Waals surface area contributed by atoms with Gasteiger partial charge in [0, 0.05) is 43.7 Å². The van der Waals surface area contributed by atoms with Gasteiger partial charge < -0.3 is 29.5 Å². The molecule has 0 amide bonds. The third-order valence-electron chi connectivity index (χ3n) is 7.01. The van der Waals surface area contributed by atoms with E-state index in [1.54, 1.807) is 0 Å². The first-order chi connectivity index (χ1) is 19.9. The number of hydrogen-bond donors (Lipinski definition) is 5. The summed E-state index contributed by atoms with van der Waals surface area (Å²) in [6.45, 7) is 3.95. The van der Waals surface area contributed by atoms with E-state index >= 15 is 0 Å². The van der Waals surface area contributed by atoms with E-state index < -0.39 is 83.7 Å². The van der Waals surface area contributed by atoms with Gasteiger partial charge in [0.05, 0.1) is 22.0 Å². The summed E-state index contributed by atoms with van der Waals surface area (Å²) in [5.41, 5.74) is -7.54. The SMILES string of the molecule is C.C1CCOC1.[2H][C@]1(CO)O[C@@H](n2ccc(=O)[nH]c2=O)[C@](C)(F)[C@@H]1C.[2H][C@]1(CO)O[C@@H](n2ccc(=O)[nH]c2=O)[C@](C)(F)[C@@H]1O. The highest BCUT2D eigenvalue weighted by molar-refractivity contribution is 5.01. The number of rotatable bonds is 4. The number of aromatic amines is 2. The van der Waals surface area contributed by atoms with Gasteiger partial charge in [-0.25, -0.2) is 18.4 Å². The summed E-state index contributed by atoms with van der Waals surface area (Å²) in [4.78, 5) is 49.1. The third kappa shape index (κ3) is 7.48. The molecule has 0 bridgehead atoms. The number of ether oxygens (including phenoxy) is 3. The molecule has 238 valence electrons. The summed E-state index contributed by atoms with van der Waals surface area (Å²) in [6, 6.07) is 2.05. The summed E-state index contributed by atoms with van der Waals surface area (Å²) >= 11 is 0. The first-order valence-corrected chi connectivity index (χ1v) is 12.8. The van der Waals surface area contributed by atoms with E-state index in [-0.39, 0.29) is 7.43 Å². The normalized spacial score (nSPS) is 37.8. The molecule has 0 aromatic carbocycles. The van der Waals surface area contributed by atoms with E-state index in [9.17, 15) is 38.2 Å². The zero-order valence-electron chi connectivity index (χ0n) is 24.7. The number of halogens is 2. The number of aromatic nitrogens is 4. The molecular formula is C26H40F2N4O10. The van der Waals surface area contributed by atoms with E-state index in [2.05, 4.69) is 0 Å². The molecule has 3 fully saturated rings. The summed E-state index contributed by atoms with van der Waals surface area (Å²) in [5.74, 6) is -0.950. The van der Waals surface area contributed by atoms with Crippen LogP contribution in [0, 0.1) is 5.92 Å². The van der Waals surface area contributed by atoms with E-state index in [4.69, 9.17) is 22.1 Å². The summed E-state index contributed by atoms with van der Waals surface area (Å²) in [5, 5.41) is 27.9. The summed E-state index contributed by atoms with van der Waals surface area (Å²) < 4.78 is 61.4. The van der Waals surface area contributed by atoms with Gasteiger partial charge in [-0.3, -0.25) is 28.7 Å². The molecule has 8 atom stereocenters. The second-order valence-electron chi connectivity index (χ2n) is 9.97. The van der Waals surface area contributed by atoms with Crippen LogP contribution >= 0.6 is 0 Å². The van der Waals surface area contributed by atoms with E-state index in [0.29, 0.717) is 0 Å². The van der Waals surface area contributed by atoms with E-state index in [1.165, 1.54) is 26.7 Å². The van der Waals surface area contributed by atoms with Crippen LogP contribution < -0.4 is 22.5 Å². The van der Waals surface area contributed by atoms with Crippen molar-refractivity contribution in [2.24, 2.45) is 5.92 Å². The quantitative estimate of drug-likeness (QED) is 0.308. The zero-order valence-corrected chi connectivity index (χ0v) is 22.7.